The minimum Gasteiger partial charge on any atom is -0.493 e. The summed E-state index contributed by atoms with van der Waals surface area (Å²) in [5.74, 6) is 0.404. The second kappa shape index (κ2) is 10.9. The molecule has 198 valence electrons. The van der Waals surface area contributed by atoms with Crippen LogP contribution in [0.1, 0.15) is 45.6 Å². The predicted molar refractivity (Wildman–Crippen MR) is 134 cm³/mol. The van der Waals surface area contributed by atoms with Gasteiger partial charge in [0.05, 0.1) is 38.4 Å². The molecule has 8 heteroatoms. The molecule has 36 heavy (non-hydrogen) atoms. The average Bonchev–Trinajstić information content (AvgIpc) is 3.76. The normalized spacial score (nSPS) is 32.8. The van der Waals surface area contributed by atoms with Crippen molar-refractivity contribution in [2.45, 2.75) is 69.5 Å². The van der Waals surface area contributed by atoms with Crippen LogP contribution in [-0.4, -0.2) is 74.6 Å². The van der Waals surface area contributed by atoms with E-state index in [2.05, 4.69) is 19.9 Å². The average molecular weight is 503 g/mol. The number of aliphatic hydroxyl groups is 1. The standard InChI is InChI=1S/C28H38O8/c1-18(2)6-10-23-27(3,36-23)26-25(30)21(12-13-28(26)17-34-28)35-24(29)11-8-19-7-9-20(22(16-19)32-5)33-15-14-31-4/h6-9,11,16,21,23,25-26,30H,10,12-15,17H2,1-5H3/b11-8+/t21-,23+,25-,26-,27?,28+/m1/s1. The minimum atomic E-state index is -0.857. The van der Waals surface area contributed by atoms with Gasteiger partial charge in [-0.2, -0.15) is 0 Å². The van der Waals surface area contributed by atoms with Gasteiger partial charge in [-0.3, -0.25) is 0 Å². The molecule has 6 atom stereocenters. The van der Waals surface area contributed by atoms with Crippen molar-refractivity contribution < 1.29 is 38.3 Å². The molecule has 4 rings (SSSR count). The van der Waals surface area contributed by atoms with Crippen LogP contribution >= 0.6 is 0 Å². The molecule has 1 aromatic rings. The molecule has 1 unspecified atom stereocenters. The Labute approximate surface area is 213 Å². The Balaban J connectivity index is 1.37. The number of carbonyl (C=O) groups excluding carboxylic acids is 1. The molecule has 1 N–H and O–H groups in total. The lowest BCUT2D eigenvalue weighted by atomic mass is 9.68. The van der Waals surface area contributed by atoms with Crippen LogP contribution in [0.25, 0.3) is 6.08 Å². The molecular formula is C28H38O8. The third kappa shape index (κ3) is 5.78. The number of aliphatic hydroxyl groups excluding tert-OH is 1. The highest BCUT2D eigenvalue weighted by Gasteiger charge is 2.71. The summed E-state index contributed by atoms with van der Waals surface area (Å²) >= 11 is 0. The van der Waals surface area contributed by atoms with Crippen LogP contribution in [0.4, 0.5) is 0 Å². The molecule has 3 aliphatic rings. The predicted octanol–water partition coefficient (Wildman–Crippen LogP) is 3.70. The summed E-state index contributed by atoms with van der Waals surface area (Å²) in [5, 5.41) is 11.3. The molecule has 1 saturated carbocycles. The first-order valence-electron chi connectivity index (χ1n) is 12.5. The van der Waals surface area contributed by atoms with Crippen molar-refractivity contribution >= 4 is 12.0 Å². The highest BCUT2D eigenvalue weighted by Crippen LogP contribution is 2.59. The Kier molecular flexibility index (Phi) is 8.09. The van der Waals surface area contributed by atoms with Crippen molar-refractivity contribution in [3.05, 3.63) is 41.5 Å². The van der Waals surface area contributed by atoms with Gasteiger partial charge in [-0.1, -0.05) is 17.7 Å². The zero-order chi connectivity index (χ0) is 25.9. The lowest BCUT2D eigenvalue weighted by Gasteiger charge is -2.40. The SMILES string of the molecule is COCCOc1ccc(/C=C/C(=O)O[C@@H]2CC[C@]3(CO3)[C@@H](C3(C)O[C@H]3CC=C(C)C)[C@@H]2O)cc1OC. The first-order chi connectivity index (χ1) is 17.2. The molecule has 0 amide bonds. The molecule has 1 aromatic carbocycles. The lowest BCUT2D eigenvalue weighted by Crippen LogP contribution is -2.54. The monoisotopic (exact) mass is 502 g/mol. The fourth-order valence-electron chi connectivity index (χ4n) is 5.31. The molecular weight excluding hydrogens is 464 g/mol. The molecule has 2 aliphatic heterocycles. The van der Waals surface area contributed by atoms with E-state index in [4.69, 9.17) is 28.4 Å². The largest absolute Gasteiger partial charge is 0.493 e. The Bertz CT molecular complexity index is 993. The summed E-state index contributed by atoms with van der Waals surface area (Å²) in [4.78, 5) is 12.7. The molecule has 1 spiro atoms. The fraction of sp³-hybridized carbons (Fsp3) is 0.607. The van der Waals surface area contributed by atoms with Gasteiger partial charge in [0.15, 0.2) is 11.5 Å². The van der Waals surface area contributed by atoms with Crippen molar-refractivity contribution in [2.24, 2.45) is 5.92 Å². The number of carbonyl (C=O) groups is 1. The number of hydrogen-bond acceptors (Lipinski definition) is 8. The van der Waals surface area contributed by atoms with Crippen LogP contribution < -0.4 is 9.47 Å². The van der Waals surface area contributed by atoms with E-state index >= 15 is 0 Å². The van der Waals surface area contributed by atoms with Gasteiger partial charge in [0.25, 0.3) is 0 Å². The van der Waals surface area contributed by atoms with Crippen molar-refractivity contribution in [3.63, 3.8) is 0 Å². The summed E-state index contributed by atoms with van der Waals surface area (Å²) in [6.07, 6.45) is 5.81. The van der Waals surface area contributed by atoms with Gasteiger partial charge in [-0.05, 0) is 63.8 Å². The Morgan fingerprint density at radius 2 is 2.00 bits per heavy atom. The maximum atomic E-state index is 12.7. The van der Waals surface area contributed by atoms with Crippen molar-refractivity contribution in [3.8, 4) is 11.5 Å². The van der Waals surface area contributed by atoms with E-state index in [1.165, 1.54) is 11.6 Å². The van der Waals surface area contributed by atoms with Crippen LogP contribution in [0.5, 0.6) is 11.5 Å². The number of ether oxygens (including phenoxy) is 6. The van der Waals surface area contributed by atoms with Gasteiger partial charge in [-0.25, -0.2) is 4.79 Å². The molecule has 8 nitrogen and oxygen atoms in total. The van der Waals surface area contributed by atoms with E-state index in [1.54, 1.807) is 32.4 Å². The maximum absolute atomic E-state index is 12.7. The van der Waals surface area contributed by atoms with E-state index < -0.39 is 23.8 Å². The smallest absolute Gasteiger partial charge is 0.331 e. The number of esters is 1. The van der Waals surface area contributed by atoms with E-state index in [0.717, 1.165) is 18.4 Å². The Hall–Kier alpha value is -2.39. The summed E-state index contributed by atoms with van der Waals surface area (Å²) in [6, 6.07) is 5.39. The molecule has 3 fully saturated rings. The van der Waals surface area contributed by atoms with E-state index in [1.807, 2.05) is 13.0 Å². The van der Waals surface area contributed by atoms with Gasteiger partial charge in [0.2, 0.25) is 0 Å². The zero-order valence-electron chi connectivity index (χ0n) is 21.8. The van der Waals surface area contributed by atoms with Gasteiger partial charge in [0, 0.05) is 13.2 Å². The first kappa shape index (κ1) is 26.7. The molecule has 2 saturated heterocycles. The van der Waals surface area contributed by atoms with E-state index in [-0.39, 0.29) is 17.6 Å². The second-order valence-corrected chi connectivity index (χ2v) is 10.2. The molecule has 0 aromatic heterocycles. The number of methoxy groups -OCH3 is 2. The number of allylic oxidation sites excluding steroid dienone is 1. The van der Waals surface area contributed by atoms with Gasteiger partial charge in [0.1, 0.15) is 23.9 Å². The summed E-state index contributed by atoms with van der Waals surface area (Å²) in [6.45, 7) is 7.64. The first-order valence-corrected chi connectivity index (χ1v) is 12.5. The van der Waals surface area contributed by atoms with Crippen molar-refractivity contribution in [2.75, 3.05) is 34.0 Å². The second-order valence-electron chi connectivity index (χ2n) is 10.2. The van der Waals surface area contributed by atoms with Gasteiger partial charge < -0.3 is 33.5 Å². The number of hydrogen-bond donors (Lipinski definition) is 1. The van der Waals surface area contributed by atoms with E-state index in [0.29, 0.717) is 37.7 Å². The summed E-state index contributed by atoms with van der Waals surface area (Å²) in [5.41, 5.74) is 1.12. The number of benzene rings is 1. The molecule has 0 radical (unpaired) electrons. The van der Waals surface area contributed by atoms with Crippen LogP contribution in [0.15, 0.2) is 35.9 Å². The third-order valence-electron chi connectivity index (χ3n) is 7.40. The highest BCUT2D eigenvalue weighted by atomic mass is 16.6. The topological polar surface area (TPSA) is 99.3 Å². The third-order valence-corrected chi connectivity index (χ3v) is 7.40. The summed E-state index contributed by atoms with van der Waals surface area (Å²) in [7, 11) is 3.17. The fourth-order valence-corrected chi connectivity index (χ4v) is 5.31. The van der Waals surface area contributed by atoms with Crippen molar-refractivity contribution in [1.82, 2.24) is 0 Å². The summed E-state index contributed by atoms with van der Waals surface area (Å²) < 4.78 is 33.7. The van der Waals surface area contributed by atoms with Gasteiger partial charge >= 0.3 is 5.97 Å². The number of epoxide rings is 2. The van der Waals surface area contributed by atoms with E-state index in [9.17, 15) is 9.90 Å². The molecule has 1 aliphatic carbocycles. The van der Waals surface area contributed by atoms with Crippen LogP contribution in [0.3, 0.4) is 0 Å². The van der Waals surface area contributed by atoms with Crippen LogP contribution in [0, 0.1) is 5.92 Å². The van der Waals surface area contributed by atoms with Crippen LogP contribution in [0.2, 0.25) is 0 Å². The lowest BCUT2D eigenvalue weighted by molar-refractivity contribution is -0.162. The maximum Gasteiger partial charge on any atom is 0.331 e. The van der Waals surface area contributed by atoms with Crippen LogP contribution in [-0.2, 0) is 23.7 Å². The molecule has 2 heterocycles. The van der Waals surface area contributed by atoms with Crippen molar-refractivity contribution in [1.29, 1.82) is 0 Å². The quantitative estimate of drug-likeness (QED) is 0.161. The number of rotatable bonds is 11. The Morgan fingerprint density at radius 1 is 1.22 bits per heavy atom. The highest BCUT2D eigenvalue weighted by molar-refractivity contribution is 5.87. The Morgan fingerprint density at radius 3 is 2.67 bits per heavy atom. The molecule has 0 bridgehead atoms. The zero-order valence-corrected chi connectivity index (χ0v) is 21.8. The minimum absolute atomic E-state index is 0.0268. The van der Waals surface area contributed by atoms with Gasteiger partial charge in [-0.15, -0.1) is 0 Å².